The van der Waals surface area contributed by atoms with E-state index in [1.165, 1.54) is 12.1 Å². The van der Waals surface area contributed by atoms with E-state index in [4.69, 9.17) is 21.4 Å². The zero-order valence-corrected chi connectivity index (χ0v) is 10.8. The summed E-state index contributed by atoms with van der Waals surface area (Å²) in [4.78, 5) is 21.9. The second-order valence-corrected chi connectivity index (χ2v) is 4.08. The molecule has 0 heterocycles. The van der Waals surface area contributed by atoms with Crippen molar-refractivity contribution < 1.29 is 24.5 Å². The molecule has 0 aliphatic heterocycles. The molecule has 19 heavy (non-hydrogen) atoms. The molecule has 0 saturated heterocycles. The van der Waals surface area contributed by atoms with Crippen LogP contribution in [0.25, 0.3) is 0 Å². The van der Waals surface area contributed by atoms with Gasteiger partial charge in [0, 0.05) is 6.08 Å². The number of carbonyl (C=O) groups is 2. The first-order chi connectivity index (χ1) is 8.97. The fourth-order valence-electron chi connectivity index (χ4n) is 1.53. The van der Waals surface area contributed by atoms with Crippen LogP contribution in [0.15, 0.2) is 24.8 Å². The molecule has 0 unspecified atom stereocenters. The van der Waals surface area contributed by atoms with Crippen LogP contribution in [0.1, 0.15) is 22.3 Å². The van der Waals surface area contributed by atoms with Gasteiger partial charge in [0.1, 0.15) is 5.75 Å². The summed E-state index contributed by atoms with van der Waals surface area (Å²) in [7, 11) is 0. The number of phenolic OH excluding ortho intramolecular Hbond substituents is 1. The van der Waals surface area contributed by atoms with Crippen LogP contribution in [0.3, 0.4) is 0 Å². The zero-order chi connectivity index (χ0) is 14.4. The van der Waals surface area contributed by atoms with Gasteiger partial charge in [-0.3, -0.25) is 0 Å². The lowest BCUT2D eigenvalue weighted by Crippen LogP contribution is -2.07. The highest BCUT2D eigenvalue weighted by Gasteiger charge is 2.16. The fraction of sp³-hybridized carbons (Fsp3) is 0.231. The number of carboxylic acids is 1. The van der Waals surface area contributed by atoms with E-state index in [0.29, 0.717) is 12.0 Å². The van der Waals surface area contributed by atoms with Crippen LogP contribution in [0.4, 0.5) is 0 Å². The Morgan fingerprint density at radius 1 is 1.42 bits per heavy atom. The minimum atomic E-state index is -1.13. The molecule has 5 nitrogen and oxygen atoms in total. The number of carbonyl (C=O) groups excluding carboxylic acids is 1. The molecule has 0 aliphatic rings. The molecule has 0 atom stereocenters. The number of esters is 1. The summed E-state index contributed by atoms with van der Waals surface area (Å²) in [6.07, 6.45) is 1.71. The van der Waals surface area contributed by atoms with Gasteiger partial charge in [0.15, 0.2) is 0 Å². The molecule has 0 saturated carbocycles. The van der Waals surface area contributed by atoms with E-state index >= 15 is 0 Å². The highest BCUT2D eigenvalue weighted by Crippen LogP contribution is 2.30. The molecule has 6 heteroatoms. The Labute approximate surface area is 115 Å². The largest absolute Gasteiger partial charge is 0.506 e. The number of phenols is 1. The quantitative estimate of drug-likeness (QED) is 0.476. The van der Waals surface area contributed by atoms with E-state index in [-0.39, 0.29) is 29.4 Å². The summed E-state index contributed by atoms with van der Waals surface area (Å²) in [5.74, 6) is -1.84. The van der Waals surface area contributed by atoms with E-state index in [1.54, 1.807) is 0 Å². The monoisotopic (exact) mass is 284 g/mol. The van der Waals surface area contributed by atoms with E-state index < -0.39 is 11.9 Å². The molecule has 0 aromatic heterocycles. The predicted octanol–water partition coefficient (Wildman–Crippen LogP) is 2.41. The standard InChI is InChI=1S/C13H13ClO5/c1-2-11(16)19-7-3-4-8-9(13(17)18)5-6-10(15)12(8)14/h2,5-6,15H,1,3-4,7H2,(H,17,18). The van der Waals surface area contributed by atoms with Gasteiger partial charge < -0.3 is 14.9 Å². The third-order valence-corrected chi connectivity index (χ3v) is 2.86. The Morgan fingerprint density at radius 2 is 2.11 bits per heavy atom. The van der Waals surface area contributed by atoms with E-state index in [0.717, 1.165) is 6.08 Å². The molecular formula is C13H13ClO5. The number of halogens is 1. The summed E-state index contributed by atoms with van der Waals surface area (Å²) in [5.41, 5.74) is 0.349. The fourth-order valence-corrected chi connectivity index (χ4v) is 1.79. The van der Waals surface area contributed by atoms with Gasteiger partial charge in [-0.05, 0) is 30.5 Å². The average molecular weight is 285 g/mol. The number of carboxylic acid groups (broad SMARTS) is 1. The molecule has 102 valence electrons. The third kappa shape index (κ3) is 3.99. The minimum absolute atomic E-state index is 0.00921. The van der Waals surface area contributed by atoms with Gasteiger partial charge in [-0.1, -0.05) is 18.2 Å². The smallest absolute Gasteiger partial charge is 0.336 e. The second kappa shape index (κ2) is 6.80. The summed E-state index contributed by atoms with van der Waals surface area (Å²) >= 11 is 5.87. The molecule has 0 bridgehead atoms. The normalized spacial score (nSPS) is 9.95. The van der Waals surface area contributed by atoms with Crippen molar-refractivity contribution >= 4 is 23.5 Å². The Kier molecular flexibility index (Phi) is 5.38. The lowest BCUT2D eigenvalue weighted by molar-refractivity contribution is -0.137. The maximum atomic E-state index is 11.0. The highest BCUT2D eigenvalue weighted by atomic mass is 35.5. The first-order valence-corrected chi connectivity index (χ1v) is 5.88. The number of hydrogen-bond acceptors (Lipinski definition) is 4. The van der Waals surface area contributed by atoms with Crippen LogP contribution in [-0.4, -0.2) is 28.8 Å². The predicted molar refractivity (Wildman–Crippen MR) is 69.6 cm³/mol. The molecule has 0 amide bonds. The van der Waals surface area contributed by atoms with Gasteiger partial charge in [0.25, 0.3) is 0 Å². The molecule has 1 aromatic carbocycles. The first kappa shape index (κ1) is 15.0. The summed E-state index contributed by atoms with van der Waals surface area (Å²) in [6, 6.07) is 2.52. The topological polar surface area (TPSA) is 83.8 Å². The maximum absolute atomic E-state index is 11.0. The lowest BCUT2D eigenvalue weighted by atomic mass is 10.0. The Balaban J connectivity index is 2.76. The number of hydrogen-bond donors (Lipinski definition) is 2. The number of ether oxygens (including phenoxy) is 1. The zero-order valence-electron chi connectivity index (χ0n) is 10.1. The van der Waals surface area contributed by atoms with Crippen LogP contribution in [-0.2, 0) is 16.0 Å². The van der Waals surface area contributed by atoms with E-state index in [1.807, 2.05) is 0 Å². The van der Waals surface area contributed by atoms with Crippen LogP contribution >= 0.6 is 11.6 Å². The summed E-state index contributed by atoms with van der Waals surface area (Å²) < 4.78 is 4.77. The summed E-state index contributed by atoms with van der Waals surface area (Å²) in [5, 5.41) is 18.5. The van der Waals surface area contributed by atoms with Gasteiger partial charge >= 0.3 is 11.9 Å². The van der Waals surface area contributed by atoms with Crippen molar-refractivity contribution in [3.8, 4) is 5.75 Å². The highest BCUT2D eigenvalue weighted by molar-refractivity contribution is 6.33. The molecule has 0 fully saturated rings. The van der Waals surface area contributed by atoms with Crippen LogP contribution in [0, 0.1) is 0 Å². The lowest BCUT2D eigenvalue weighted by Gasteiger charge is -2.10. The number of benzene rings is 1. The van der Waals surface area contributed by atoms with Gasteiger partial charge in [0.2, 0.25) is 0 Å². The molecule has 1 aromatic rings. The van der Waals surface area contributed by atoms with E-state index in [9.17, 15) is 14.7 Å². The Hall–Kier alpha value is -2.01. The first-order valence-electron chi connectivity index (χ1n) is 5.50. The third-order valence-electron chi connectivity index (χ3n) is 2.44. The van der Waals surface area contributed by atoms with Crippen molar-refractivity contribution in [2.75, 3.05) is 6.61 Å². The molecule has 0 radical (unpaired) electrons. The van der Waals surface area contributed by atoms with Gasteiger partial charge in [-0.25, -0.2) is 9.59 Å². The molecule has 0 spiro atoms. The number of aromatic hydroxyl groups is 1. The maximum Gasteiger partial charge on any atom is 0.336 e. The SMILES string of the molecule is C=CC(=O)OCCCc1c(C(=O)O)ccc(O)c1Cl. The van der Waals surface area contributed by atoms with Crippen molar-refractivity contribution in [1.82, 2.24) is 0 Å². The van der Waals surface area contributed by atoms with Crippen molar-refractivity contribution in [2.45, 2.75) is 12.8 Å². The second-order valence-electron chi connectivity index (χ2n) is 3.71. The van der Waals surface area contributed by atoms with Crippen LogP contribution in [0.2, 0.25) is 5.02 Å². The molecule has 0 aliphatic carbocycles. The van der Waals surface area contributed by atoms with Gasteiger partial charge in [-0.2, -0.15) is 0 Å². The molecular weight excluding hydrogens is 272 g/mol. The van der Waals surface area contributed by atoms with Crippen LogP contribution < -0.4 is 0 Å². The summed E-state index contributed by atoms with van der Waals surface area (Å²) in [6.45, 7) is 3.38. The number of aromatic carboxylic acids is 1. The van der Waals surface area contributed by atoms with E-state index in [2.05, 4.69) is 6.58 Å². The Bertz CT molecular complexity index is 510. The van der Waals surface area contributed by atoms with Crippen molar-refractivity contribution in [3.63, 3.8) is 0 Å². The Morgan fingerprint density at radius 3 is 2.68 bits per heavy atom. The van der Waals surface area contributed by atoms with Crippen molar-refractivity contribution in [2.24, 2.45) is 0 Å². The molecule has 2 N–H and O–H groups in total. The number of rotatable bonds is 6. The molecule has 1 rings (SSSR count). The van der Waals surface area contributed by atoms with Crippen molar-refractivity contribution in [1.29, 1.82) is 0 Å². The van der Waals surface area contributed by atoms with Gasteiger partial charge in [-0.15, -0.1) is 0 Å². The van der Waals surface area contributed by atoms with Gasteiger partial charge in [0.05, 0.1) is 17.2 Å². The average Bonchev–Trinajstić information content (AvgIpc) is 2.38. The van der Waals surface area contributed by atoms with Crippen LogP contribution in [0.5, 0.6) is 5.75 Å². The van der Waals surface area contributed by atoms with Crippen molar-refractivity contribution in [3.05, 3.63) is 40.9 Å². The minimum Gasteiger partial charge on any atom is -0.506 e.